The van der Waals surface area contributed by atoms with Crippen LogP contribution in [-0.4, -0.2) is 23.5 Å². The largest absolute Gasteiger partial charge is 0.483 e. The summed E-state index contributed by atoms with van der Waals surface area (Å²) in [5, 5.41) is 2.47. The lowest BCUT2D eigenvalue weighted by molar-refractivity contribution is -0.123. The Bertz CT molecular complexity index is 887. The average molecular weight is 464 g/mol. The molecule has 0 fully saturated rings. The Hall–Kier alpha value is -2.45. The van der Waals surface area contributed by atoms with Crippen molar-refractivity contribution in [1.29, 1.82) is 0 Å². The molecule has 6 nitrogen and oxygen atoms in total. The van der Waals surface area contributed by atoms with Crippen molar-refractivity contribution in [3.05, 3.63) is 63.6 Å². The topological polar surface area (TPSA) is 79.5 Å². The summed E-state index contributed by atoms with van der Waals surface area (Å²) in [6.07, 6.45) is 0. The number of ether oxygens (including phenoxy) is 1. The van der Waals surface area contributed by atoms with Crippen LogP contribution < -0.4 is 20.9 Å². The van der Waals surface area contributed by atoms with Crippen LogP contribution in [0.2, 0.25) is 0 Å². The fourth-order valence-electron chi connectivity index (χ4n) is 2.40. The van der Waals surface area contributed by atoms with Gasteiger partial charge in [-0.15, -0.1) is 0 Å². The van der Waals surface area contributed by atoms with Crippen molar-refractivity contribution in [3.8, 4) is 5.75 Å². The highest BCUT2D eigenvalue weighted by molar-refractivity contribution is 9.10. The molecule has 0 unspecified atom stereocenters. The van der Waals surface area contributed by atoms with Crippen LogP contribution in [0.4, 0.5) is 0 Å². The summed E-state index contributed by atoms with van der Waals surface area (Å²) < 4.78 is 6.30. The lowest BCUT2D eigenvalue weighted by Gasteiger charge is -2.15. The maximum absolute atomic E-state index is 12.2. The van der Waals surface area contributed by atoms with Gasteiger partial charge >= 0.3 is 0 Å². The number of thiocarbonyl (C=S) groups is 1. The predicted molar refractivity (Wildman–Crippen MR) is 116 cm³/mol. The molecule has 148 valence electrons. The van der Waals surface area contributed by atoms with Gasteiger partial charge in [0.25, 0.3) is 11.8 Å². The summed E-state index contributed by atoms with van der Waals surface area (Å²) in [7, 11) is 0. The zero-order chi connectivity index (χ0) is 20.7. The van der Waals surface area contributed by atoms with Crippen molar-refractivity contribution in [2.24, 2.45) is 0 Å². The first-order chi connectivity index (χ1) is 13.3. The number of nitrogens with one attached hydrogen (secondary N) is 3. The Balaban J connectivity index is 1.83. The maximum Gasteiger partial charge on any atom is 0.276 e. The van der Waals surface area contributed by atoms with Crippen LogP contribution in [0.25, 0.3) is 0 Å². The van der Waals surface area contributed by atoms with Crippen LogP contribution in [0.5, 0.6) is 5.75 Å². The van der Waals surface area contributed by atoms with Crippen molar-refractivity contribution in [1.82, 2.24) is 16.2 Å². The van der Waals surface area contributed by atoms with Gasteiger partial charge in [0.15, 0.2) is 11.7 Å². The van der Waals surface area contributed by atoms with Crippen molar-refractivity contribution in [2.75, 3.05) is 6.61 Å². The van der Waals surface area contributed by atoms with E-state index < -0.39 is 11.8 Å². The highest BCUT2D eigenvalue weighted by Gasteiger charge is 2.13. The molecule has 2 rings (SSSR count). The molecule has 0 saturated carbocycles. The molecule has 2 aromatic rings. The second-order valence-electron chi connectivity index (χ2n) is 6.42. The van der Waals surface area contributed by atoms with Crippen LogP contribution in [0.15, 0.2) is 46.9 Å². The number of halogens is 1. The van der Waals surface area contributed by atoms with Gasteiger partial charge in [0.1, 0.15) is 5.75 Å². The van der Waals surface area contributed by atoms with E-state index in [2.05, 4.69) is 45.9 Å². The van der Waals surface area contributed by atoms with Crippen molar-refractivity contribution in [2.45, 2.75) is 26.7 Å². The van der Waals surface area contributed by atoms with Gasteiger partial charge in [-0.2, -0.15) is 0 Å². The number of hydrazine groups is 1. The summed E-state index contributed by atoms with van der Waals surface area (Å²) >= 11 is 8.33. The number of aryl methyl sites for hydroxylation is 1. The summed E-state index contributed by atoms with van der Waals surface area (Å²) in [5.41, 5.74) is 7.41. The Morgan fingerprint density at radius 3 is 2.54 bits per heavy atom. The summed E-state index contributed by atoms with van der Waals surface area (Å²) in [5.74, 6) is 0.136. The van der Waals surface area contributed by atoms with Gasteiger partial charge in [-0.1, -0.05) is 38.1 Å². The van der Waals surface area contributed by atoms with E-state index in [1.165, 1.54) is 0 Å². The average Bonchev–Trinajstić information content (AvgIpc) is 2.64. The van der Waals surface area contributed by atoms with Crippen LogP contribution >= 0.6 is 28.1 Å². The fourth-order valence-corrected chi connectivity index (χ4v) is 3.01. The molecule has 0 spiro atoms. The van der Waals surface area contributed by atoms with E-state index in [1.54, 1.807) is 24.3 Å². The first-order valence-corrected chi connectivity index (χ1v) is 9.86. The third kappa shape index (κ3) is 6.31. The van der Waals surface area contributed by atoms with E-state index in [0.29, 0.717) is 15.8 Å². The number of carbonyl (C=O) groups excluding carboxylic acids is 2. The van der Waals surface area contributed by atoms with Crippen LogP contribution in [0.3, 0.4) is 0 Å². The van der Waals surface area contributed by atoms with E-state index >= 15 is 0 Å². The monoisotopic (exact) mass is 463 g/mol. The minimum atomic E-state index is -0.422. The van der Waals surface area contributed by atoms with E-state index in [0.717, 1.165) is 11.1 Å². The lowest BCUT2D eigenvalue weighted by atomic mass is 10.0. The number of benzene rings is 2. The Morgan fingerprint density at radius 2 is 1.86 bits per heavy atom. The normalized spacial score (nSPS) is 10.3. The zero-order valence-electron chi connectivity index (χ0n) is 15.8. The van der Waals surface area contributed by atoms with Gasteiger partial charge in [-0.3, -0.25) is 25.8 Å². The molecular formula is C20H22BrN3O3S. The second kappa shape index (κ2) is 10.2. The fraction of sp³-hybridized carbons (Fsp3) is 0.250. The minimum Gasteiger partial charge on any atom is -0.483 e. The molecule has 0 aliphatic carbocycles. The van der Waals surface area contributed by atoms with Crippen molar-refractivity contribution < 1.29 is 14.3 Å². The predicted octanol–water partition coefficient (Wildman–Crippen LogP) is 3.60. The first-order valence-electron chi connectivity index (χ1n) is 8.66. The molecule has 2 aromatic carbocycles. The number of hydrogen-bond acceptors (Lipinski definition) is 4. The van der Waals surface area contributed by atoms with E-state index in [9.17, 15) is 9.59 Å². The van der Waals surface area contributed by atoms with Crippen LogP contribution in [0.1, 0.15) is 41.3 Å². The molecule has 0 heterocycles. The van der Waals surface area contributed by atoms with E-state index in [1.807, 2.05) is 25.1 Å². The molecule has 3 N–H and O–H groups in total. The minimum absolute atomic E-state index is 0.0208. The molecule has 0 aliphatic rings. The van der Waals surface area contributed by atoms with Crippen molar-refractivity contribution in [3.63, 3.8) is 0 Å². The molecule has 2 amide bonds. The highest BCUT2D eigenvalue weighted by Crippen LogP contribution is 2.27. The lowest BCUT2D eigenvalue weighted by Crippen LogP contribution is -2.49. The van der Waals surface area contributed by atoms with Gasteiger partial charge in [-0.05, 0) is 70.3 Å². The van der Waals surface area contributed by atoms with Crippen molar-refractivity contribution >= 4 is 45.1 Å². The summed E-state index contributed by atoms with van der Waals surface area (Å²) in [4.78, 5) is 24.2. The quantitative estimate of drug-likeness (QED) is 0.466. The van der Waals surface area contributed by atoms with Gasteiger partial charge in [-0.25, -0.2) is 0 Å². The molecule has 0 aromatic heterocycles. The Morgan fingerprint density at radius 1 is 1.14 bits per heavy atom. The van der Waals surface area contributed by atoms with Gasteiger partial charge < -0.3 is 4.74 Å². The van der Waals surface area contributed by atoms with Gasteiger partial charge in [0.2, 0.25) is 0 Å². The molecule has 0 aliphatic heterocycles. The number of carbonyl (C=O) groups is 2. The highest BCUT2D eigenvalue weighted by atomic mass is 79.9. The molecule has 0 saturated heterocycles. The summed E-state index contributed by atoms with van der Waals surface area (Å²) in [6, 6.07) is 12.9. The Labute approximate surface area is 178 Å². The van der Waals surface area contributed by atoms with Crippen LogP contribution in [-0.2, 0) is 4.79 Å². The molecule has 0 bridgehead atoms. The standard InChI is InChI=1S/C20H22BrN3O3S/c1-12(2)14-9-8-13(3)10-17(14)27-11-18(25)23-24-20(28)22-19(26)15-6-4-5-7-16(15)21/h4-10,12H,11H2,1-3H3,(H,23,25)(H2,22,24,26,28). The Kier molecular flexibility index (Phi) is 7.95. The van der Waals surface area contributed by atoms with Gasteiger partial charge in [0.05, 0.1) is 5.56 Å². The first kappa shape index (κ1) is 21.8. The second-order valence-corrected chi connectivity index (χ2v) is 7.68. The number of amides is 2. The third-order valence-electron chi connectivity index (χ3n) is 3.81. The molecule has 8 heteroatoms. The maximum atomic E-state index is 12.2. The van der Waals surface area contributed by atoms with Crippen LogP contribution in [0, 0.1) is 6.92 Å². The van der Waals surface area contributed by atoms with Gasteiger partial charge in [0, 0.05) is 4.47 Å². The number of rotatable bonds is 5. The molecule has 28 heavy (non-hydrogen) atoms. The SMILES string of the molecule is Cc1ccc(C(C)C)c(OCC(=O)NNC(=S)NC(=O)c2ccccc2Br)c1. The summed E-state index contributed by atoms with van der Waals surface area (Å²) in [6.45, 7) is 5.90. The molecular weight excluding hydrogens is 442 g/mol. The number of hydrogen-bond donors (Lipinski definition) is 3. The molecule has 0 atom stereocenters. The smallest absolute Gasteiger partial charge is 0.276 e. The van der Waals surface area contributed by atoms with E-state index in [-0.39, 0.29) is 17.6 Å². The van der Waals surface area contributed by atoms with E-state index in [4.69, 9.17) is 17.0 Å². The third-order valence-corrected chi connectivity index (χ3v) is 4.71. The zero-order valence-corrected chi connectivity index (χ0v) is 18.2. The molecule has 0 radical (unpaired) electrons.